The summed E-state index contributed by atoms with van der Waals surface area (Å²) >= 11 is 0. The molecule has 17 heavy (non-hydrogen) atoms. The molecular weight excluding hydrogens is 222 g/mol. The normalized spacial score (nSPS) is 18.5. The van der Waals surface area contributed by atoms with E-state index in [4.69, 9.17) is 5.11 Å². The highest BCUT2D eigenvalue weighted by atomic mass is 16.4. The first-order chi connectivity index (χ1) is 8.15. The molecule has 0 saturated carbocycles. The highest BCUT2D eigenvalue weighted by Crippen LogP contribution is 2.09. The Labute approximate surface area is 97.4 Å². The number of nitrogens with one attached hydrogen (secondary N) is 2. The van der Waals surface area contributed by atoms with Crippen LogP contribution in [0.15, 0.2) is 35.3 Å². The van der Waals surface area contributed by atoms with Crippen LogP contribution in [0, 0.1) is 0 Å². The van der Waals surface area contributed by atoms with Crippen LogP contribution in [0.1, 0.15) is 6.42 Å². The number of hydrogen-bond acceptors (Lipinski definition) is 4. The lowest BCUT2D eigenvalue weighted by Crippen LogP contribution is -2.33. The Bertz CT molecular complexity index is 470. The van der Waals surface area contributed by atoms with Gasteiger partial charge >= 0.3 is 5.97 Å². The lowest BCUT2D eigenvalue weighted by molar-refractivity contribution is -0.139. The Morgan fingerprint density at radius 2 is 2.12 bits per heavy atom. The standard InChI is InChI=1S/C11H11N3O3/c15-9(16)6-8-10(17)14-11(13-8)12-7-4-2-1-3-5-7/h1-5,8H,6H2,(H,15,16)(H2,12,13,14,17). The van der Waals surface area contributed by atoms with E-state index in [0.717, 1.165) is 5.69 Å². The smallest absolute Gasteiger partial charge is 0.306 e. The van der Waals surface area contributed by atoms with Crippen molar-refractivity contribution in [3.05, 3.63) is 30.3 Å². The van der Waals surface area contributed by atoms with Crippen molar-refractivity contribution in [1.29, 1.82) is 0 Å². The Morgan fingerprint density at radius 3 is 2.76 bits per heavy atom. The van der Waals surface area contributed by atoms with E-state index in [9.17, 15) is 9.59 Å². The number of benzene rings is 1. The minimum Gasteiger partial charge on any atom is -0.481 e. The van der Waals surface area contributed by atoms with Crippen molar-refractivity contribution in [1.82, 2.24) is 5.32 Å². The minimum atomic E-state index is -1.05. The van der Waals surface area contributed by atoms with Gasteiger partial charge in [0.1, 0.15) is 6.04 Å². The van der Waals surface area contributed by atoms with Gasteiger partial charge in [0.2, 0.25) is 5.96 Å². The number of anilines is 1. The molecule has 6 heteroatoms. The Morgan fingerprint density at radius 1 is 1.41 bits per heavy atom. The fourth-order valence-corrected chi connectivity index (χ4v) is 1.47. The van der Waals surface area contributed by atoms with E-state index in [2.05, 4.69) is 15.6 Å². The fourth-order valence-electron chi connectivity index (χ4n) is 1.47. The number of aliphatic imine (C=N–C) groups is 1. The van der Waals surface area contributed by atoms with Gasteiger partial charge in [-0.25, -0.2) is 4.99 Å². The first-order valence-corrected chi connectivity index (χ1v) is 5.07. The van der Waals surface area contributed by atoms with Gasteiger partial charge in [-0.15, -0.1) is 0 Å². The van der Waals surface area contributed by atoms with Crippen molar-refractivity contribution < 1.29 is 14.7 Å². The predicted molar refractivity (Wildman–Crippen MR) is 61.7 cm³/mol. The molecule has 1 aliphatic rings. The second-order valence-electron chi connectivity index (χ2n) is 3.57. The van der Waals surface area contributed by atoms with Gasteiger partial charge in [0.05, 0.1) is 6.42 Å². The van der Waals surface area contributed by atoms with Gasteiger partial charge in [-0.2, -0.15) is 0 Å². The van der Waals surface area contributed by atoms with Crippen LogP contribution >= 0.6 is 0 Å². The molecule has 0 aromatic heterocycles. The summed E-state index contributed by atoms with van der Waals surface area (Å²) in [7, 11) is 0. The average molecular weight is 233 g/mol. The van der Waals surface area contributed by atoms with E-state index < -0.39 is 17.9 Å². The minimum absolute atomic E-state index is 0.285. The lowest BCUT2D eigenvalue weighted by atomic mass is 10.2. The zero-order valence-electron chi connectivity index (χ0n) is 8.88. The zero-order valence-corrected chi connectivity index (χ0v) is 8.88. The Hall–Kier alpha value is -2.37. The lowest BCUT2D eigenvalue weighted by Gasteiger charge is -2.04. The Kier molecular flexibility index (Phi) is 3.04. The average Bonchev–Trinajstić information content (AvgIpc) is 2.59. The summed E-state index contributed by atoms with van der Waals surface area (Å²) in [5, 5.41) is 14.0. The van der Waals surface area contributed by atoms with E-state index in [0.29, 0.717) is 0 Å². The number of para-hydroxylation sites is 1. The molecule has 0 bridgehead atoms. The maximum atomic E-state index is 11.4. The van der Waals surface area contributed by atoms with Crippen molar-refractivity contribution >= 4 is 23.5 Å². The maximum absolute atomic E-state index is 11.4. The number of aliphatic carboxylic acids is 1. The molecule has 1 heterocycles. The third-order valence-electron chi connectivity index (χ3n) is 2.23. The molecule has 2 rings (SSSR count). The highest BCUT2D eigenvalue weighted by molar-refractivity contribution is 6.11. The van der Waals surface area contributed by atoms with E-state index in [1.807, 2.05) is 30.3 Å². The largest absolute Gasteiger partial charge is 0.481 e. The van der Waals surface area contributed by atoms with E-state index >= 15 is 0 Å². The number of amides is 1. The van der Waals surface area contributed by atoms with Gasteiger partial charge in [-0.3, -0.25) is 14.9 Å². The number of carboxylic acid groups (broad SMARTS) is 1. The van der Waals surface area contributed by atoms with Gasteiger partial charge in [0.15, 0.2) is 0 Å². The van der Waals surface area contributed by atoms with Crippen LogP contribution < -0.4 is 10.6 Å². The summed E-state index contributed by atoms with van der Waals surface area (Å²) in [4.78, 5) is 25.8. The maximum Gasteiger partial charge on any atom is 0.306 e. The SMILES string of the molecule is O=C(O)CC1N=C(Nc2ccccc2)NC1=O. The molecule has 1 aromatic carbocycles. The molecule has 3 N–H and O–H groups in total. The number of rotatable bonds is 3. The van der Waals surface area contributed by atoms with Crippen molar-refractivity contribution in [2.24, 2.45) is 4.99 Å². The highest BCUT2D eigenvalue weighted by Gasteiger charge is 2.28. The number of carbonyl (C=O) groups is 2. The van der Waals surface area contributed by atoms with E-state index in [1.54, 1.807) is 0 Å². The molecule has 1 aromatic rings. The molecule has 1 atom stereocenters. The second-order valence-corrected chi connectivity index (χ2v) is 3.57. The molecule has 0 radical (unpaired) electrons. The van der Waals surface area contributed by atoms with Crippen LogP contribution in [-0.2, 0) is 9.59 Å². The van der Waals surface area contributed by atoms with Crippen LogP contribution in [-0.4, -0.2) is 29.0 Å². The van der Waals surface area contributed by atoms with Gasteiger partial charge in [0.25, 0.3) is 5.91 Å². The van der Waals surface area contributed by atoms with Crippen LogP contribution in [0.3, 0.4) is 0 Å². The third-order valence-corrected chi connectivity index (χ3v) is 2.23. The van der Waals surface area contributed by atoms with E-state index in [1.165, 1.54) is 0 Å². The molecule has 0 aliphatic carbocycles. The molecule has 6 nitrogen and oxygen atoms in total. The van der Waals surface area contributed by atoms with Crippen molar-refractivity contribution in [3.63, 3.8) is 0 Å². The third kappa shape index (κ3) is 2.81. The van der Waals surface area contributed by atoms with Gasteiger partial charge in [-0.1, -0.05) is 18.2 Å². The van der Waals surface area contributed by atoms with Gasteiger partial charge < -0.3 is 10.4 Å². The molecule has 0 fully saturated rings. The summed E-state index contributed by atoms with van der Waals surface area (Å²) < 4.78 is 0. The number of carbonyl (C=O) groups excluding carboxylic acids is 1. The van der Waals surface area contributed by atoms with Crippen molar-refractivity contribution in [2.75, 3.05) is 5.32 Å². The van der Waals surface area contributed by atoms with Crippen LogP contribution in [0.5, 0.6) is 0 Å². The van der Waals surface area contributed by atoms with E-state index in [-0.39, 0.29) is 12.4 Å². The molecule has 0 spiro atoms. The quantitative estimate of drug-likeness (QED) is 0.706. The monoisotopic (exact) mass is 233 g/mol. The summed E-state index contributed by atoms with van der Waals surface area (Å²) in [6.07, 6.45) is -0.300. The van der Waals surface area contributed by atoms with Gasteiger partial charge in [-0.05, 0) is 12.1 Å². The van der Waals surface area contributed by atoms with Crippen LogP contribution in [0.2, 0.25) is 0 Å². The summed E-state index contributed by atoms with van der Waals surface area (Å²) in [5.41, 5.74) is 0.780. The fraction of sp³-hybridized carbons (Fsp3) is 0.182. The number of carboxylic acids is 1. The molecule has 1 unspecified atom stereocenters. The molecule has 0 saturated heterocycles. The number of hydrogen-bond donors (Lipinski definition) is 3. The summed E-state index contributed by atoms with van der Waals surface area (Å²) in [5.74, 6) is -1.16. The first-order valence-electron chi connectivity index (χ1n) is 5.07. The second kappa shape index (κ2) is 4.65. The van der Waals surface area contributed by atoms with Crippen LogP contribution in [0.25, 0.3) is 0 Å². The van der Waals surface area contributed by atoms with Crippen LogP contribution in [0.4, 0.5) is 5.69 Å². The molecular formula is C11H11N3O3. The zero-order chi connectivity index (χ0) is 12.3. The topological polar surface area (TPSA) is 90.8 Å². The summed E-state index contributed by atoms with van der Waals surface area (Å²) in [6.45, 7) is 0. The van der Waals surface area contributed by atoms with Crippen molar-refractivity contribution in [3.8, 4) is 0 Å². The molecule has 1 amide bonds. The Balaban J connectivity index is 2.04. The summed E-state index contributed by atoms with van der Waals surface area (Å²) in [6, 6.07) is 8.34. The number of nitrogens with zero attached hydrogens (tertiary/aromatic N) is 1. The molecule has 1 aliphatic heterocycles. The number of guanidine groups is 1. The first kappa shape index (κ1) is 11.1. The molecule has 88 valence electrons. The van der Waals surface area contributed by atoms with Crippen molar-refractivity contribution in [2.45, 2.75) is 12.5 Å². The van der Waals surface area contributed by atoms with Gasteiger partial charge in [0, 0.05) is 5.69 Å². The predicted octanol–water partition coefficient (Wildman–Crippen LogP) is 0.428.